The van der Waals surface area contributed by atoms with E-state index in [1.54, 1.807) is 43.3 Å². The van der Waals surface area contributed by atoms with Crippen LogP contribution in [0.4, 0.5) is 5.69 Å². The van der Waals surface area contributed by atoms with Crippen molar-refractivity contribution in [2.24, 2.45) is 0 Å². The highest BCUT2D eigenvalue weighted by Gasteiger charge is 2.25. The van der Waals surface area contributed by atoms with Crippen LogP contribution in [-0.2, 0) is 21.3 Å². The van der Waals surface area contributed by atoms with Crippen molar-refractivity contribution in [2.45, 2.75) is 207 Å². The van der Waals surface area contributed by atoms with E-state index in [2.05, 4.69) is 58.2 Å². The number of aryl methyl sites for hydroxylation is 1. The summed E-state index contributed by atoms with van der Waals surface area (Å²) in [6.45, 7) is 13.2. The number of fused-ring (bicyclic) bond motifs is 3. The lowest BCUT2D eigenvalue weighted by Gasteiger charge is -2.12. The number of aromatic hydroxyl groups is 2. The number of phenolic OH excluding ortho intramolecular Hbond substituents is 2. The summed E-state index contributed by atoms with van der Waals surface area (Å²) in [7, 11) is -3.68. The first kappa shape index (κ1) is 75.1. The molecule has 9 aromatic rings. The number of phenols is 2. The number of nitrogens with one attached hydrogen (secondary N) is 2. The molecule has 0 unspecified atom stereocenters. The Morgan fingerprint density at radius 2 is 1.18 bits per heavy atom. The highest BCUT2D eigenvalue weighted by molar-refractivity contribution is 7.89. The van der Waals surface area contributed by atoms with Crippen LogP contribution < -0.4 is 14.9 Å². The third-order valence-corrected chi connectivity index (χ3v) is 20.5. The number of hydrogen-bond acceptors (Lipinski definition) is 13. The van der Waals surface area contributed by atoms with Gasteiger partial charge in [-0.15, -0.1) is 22.7 Å². The number of rotatable bonds is 38. The zero-order chi connectivity index (χ0) is 67.8. The molecule has 0 aliphatic carbocycles. The number of nitrogens with zero attached hydrogens (tertiary/aromatic N) is 2. The van der Waals surface area contributed by atoms with E-state index in [1.165, 1.54) is 157 Å². The molecule has 506 valence electrons. The van der Waals surface area contributed by atoms with Crippen molar-refractivity contribution in [3.63, 3.8) is 0 Å². The molecule has 0 amide bonds. The van der Waals surface area contributed by atoms with Crippen molar-refractivity contribution in [1.29, 1.82) is 0 Å². The zero-order valence-corrected chi connectivity index (χ0v) is 59.8. The lowest BCUT2D eigenvalue weighted by Crippen LogP contribution is -2.24. The van der Waals surface area contributed by atoms with Crippen molar-refractivity contribution in [1.82, 2.24) is 14.7 Å². The monoisotopic (exact) mass is 1360 g/mol. The first-order valence-electron chi connectivity index (χ1n) is 34.6. The van der Waals surface area contributed by atoms with Crippen LogP contribution in [0, 0.1) is 19.0 Å². The van der Waals surface area contributed by atoms with Gasteiger partial charge in [-0.3, -0.25) is 9.59 Å². The van der Waals surface area contributed by atoms with Crippen LogP contribution in [0.15, 0.2) is 132 Å². The first-order chi connectivity index (χ1) is 46.3. The van der Waals surface area contributed by atoms with Gasteiger partial charge in [-0.05, 0) is 103 Å². The molecular weight excluding hydrogens is 1260 g/mol. The Morgan fingerprint density at radius 1 is 0.589 bits per heavy atom. The van der Waals surface area contributed by atoms with Gasteiger partial charge in [-0.1, -0.05) is 253 Å². The van der Waals surface area contributed by atoms with Crippen LogP contribution in [0.2, 0.25) is 5.02 Å². The van der Waals surface area contributed by atoms with Gasteiger partial charge >= 0.3 is 0 Å². The molecule has 16 heteroatoms. The molecule has 0 bridgehead atoms. The Bertz CT molecular complexity index is 4040. The highest BCUT2D eigenvalue weighted by atomic mass is 35.5. The maximum Gasteiger partial charge on any atom is 0.240 e. The second-order valence-corrected chi connectivity index (χ2v) is 28.4. The normalized spacial score (nSPS) is 11.2. The summed E-state index contributed by atoms with van der Waals surface area (Å²) in [5.74, 6) is 2.42. The molecule has 0 fully saturated rings. The van der Waals surface area contributed by atoms with Crippen LogP contribution >= 0.6 is 34.3 Å². The molecule has 4 N–H and O–H groups in total. The summed E-state index contributed by atoms with van der Waals surface area (Å²) in [5, 5.41) is 25.3. The Kier molecular flexibility index (Phi) is 31.8. The van der Waals surface area contributed by atoms with E-state index in [4.69, 9.17) is 21.2 Å². The maximum atomic E-state index is 13.6. The van der Waals surface area contributed by atoms with Crippen molar-refractivity contribution < 1.29 is 37.8 Å². The number of thiazole rings is 2. The van der Waals surface area contributed by atoms with Gasteiger partial charge in [0.25, 0.3) is 0 Å². The summed E-state index contributed by atoms with van der Waals surface area (Å²) in [6.07, 6.45) is 33.9. The SMILES string of the molecule is CC.CC#CONc1cccc2c(O)c(C(=O)c3nc(-c4ccc(OCCCCCCCCCCCCCCCC)cc4)c(C)s3)cc(Cl)c12.CCCCCCCCCCCCNS(=O)(=O)c1ccc2nc(C(=O)c3ccc4cc(Cc5ccccc5)ccc4c3O)sc2c1. The molecule has 0 aliphatic rings. The molecule has 0 saturated carbocycles. The predicted octanol–water partition coefficient (Wildman–Crippen LogP) is 22.2. The Morgan fingerprint density at radius 3 is 1.81 bits per heavy atom. The summed E-state index contributed by atoms with van der Waals surface area (Å²) in [4.78, 5) is 42.4. The number of sulfonamides is 1. The second kappa shape index (κ2) is 40.3. The number of hydrogen-bond donors (Lipinski definition) is 4. The van der Waals surface area contributed by atoms with E-state index in [-0.39, 0.29) is 37.5 Å². The molecule has 9 rings (SSSR count). The Labute approximate surface area is 577 Å². The largest absolute Gasteiger partial charge is 0.507 e. The number of ether oxygens (including phenoxy) is 1. The number of benzene rings is 7. The van der Waals surface area contributed by atoms with Crippen molar-refractivity contribution in [3.8, 4) is 40.5 Å². The second-order valence-electron chi connectivity index (χ2n) is 24.0. The fourth-order valence-corrected chi connectivity index (χ4v) is 14.9. The average molecular weight is 1360 g/mol. The first-order valence-corrected chi connectivity index (χ1v) is 38.1. The van der Waals surface area contributed by atoms with E-state index in [1.807, 2.05) is 87.5 Å². The van der Waals surface area contributed by atoms with E-state index in [9.17, 15) is 28.2 Å². The Hall–Kier alpha value is -7.32. The van der Waals surface area contributed by atoms with Gasteiger partial charge in [0.2, 0.25) is 21.6 Å². The van der Waals surface area contributed by atoms with Crippen LogP contribution in [-0.4, -0.2) is 53.3 Å². The van der Waals surface area contributed by atoms with Gasteiger partial charge in [-0.2, -0.15) is 0 Å². The quantitative estimate of drug-likeness (QED) is 0.0125. The molecular formula is C79H97ClN4O8S3. The molecule has 0 radical (unpaired) electrons. The van der Waals surface area contributed by atoms with E-state index < -0.39 is 21.6 Å². The number of carbonyl (C=O) groups excluding carboxylic acids is 2. The van der Waals surface area contributed by atoms with Crippen LogP contribution in [0.1, 0.15) is 235 Å². The molecule has 0 spiro atoms. The van der Waals surface area contributed by atoms with Crippen LogP contribution in [0.3, 0.4) is 0 Å². The summed E-state index contributed by atoms with van der Waals surface area (Å²) < 4.78 is 35.3. The molecule has 2 heterocycles. The minimum atomic E-state index is -3.68. The smallest absolute Gasteiger partial charge is 0.240 e. The number of anilines is 1. The molecule has 2 aromatic heterocycles. The summed E-state index contributed by atoms with van der Waals surface area (Å²) in [6, 6.07) is 38.7. The summed E-state index contributed by atoms with van der Waals surface area (Å²) >= 11 is 9.04. The minimum Gasteiger partial charge on any atom is -0.507 e. The van der Waals surface area contributed by atoms with Crippen LogP contribution in [0.5, 0.6) is 17.2 Å². The van der Waals surface area contributed by atoms with Gasteiger partial charge in [-0.25, -0.2) is 28.6 Å². The van der Waals surface area contributed by atoms with E-state index in [0.717, 1.165) is 76.3 Å². The third-order valence-electron chi connectivity index (χ3n) is 16.8. The topological polar surface area (TPSA) is 177 Å². The number of aromatic nitrogens is 2. The van der Waals surface area contributed by atoms with Crippen LogP contribution in [0.25, 0.3) is 43.0 Å². The van der Waals surface area contributed by atoms with Gasteiger partial charge in [0.05, 0.1) is 49.2 Å². The molecule has 7 aromatic carbocycles. The van der Waals surface area contributed by atoms with E-state index >= 15 is 0 Å². The van der Waals surface area contributed by atoms with Crippen molar-refractivity contribution >= 4 is 93.3 Å². The van der Waals surface area contributed by atoms with Gasteiger partial charge in [0, 0.05) is 40.1 Å². The molecule has 0 atom stereocenters. The minimum absolute atomic E-state index is 0.0811. The average Bonchev–Trinajstić information content (AvgIpc) is 1.68. The van der Waals surface area contributed by atoms with Crippen molar-refractivity contribution in [3.05, 3.63) is 170 Å². The highest BCUT2D eigenvalue weighted by Crippen LogP contribution is 2.41. The third kappa shape index (κ3) is 22.6. The fraction of sp³-hybridized carbons (Fsp3) is 0.418. The lowest BCUT2D eigenvalue weighted by molar-refractivity contribution is 0.102. The standard InChI is InChI=1S/C40H49ClN2O4S.C37H42N2O4S2.C2H6/c1-4-6-7-8-9-10-11-12-13-14-15-16-17-18-27-46-31-24-22-30(23-25-31)37-29(3)48-40(42-37)39(45)33-28-34(41)36-32(38(33)44)20-19-21-35(36)43-47-26-5-2;1-2-3-4-5-6-7-8-9-10-14-23-38-45(42,43)30-19-22-33-34(26-30)44-37(39-33)36(41)32-21-18-29-25-28(17-20-31(29)35(32)40)24-27-15-12-11-13-16-27;1-2/h19-25,28,43-44H,4,6-18,27H2,1-3H3;11-13,15-22,25-26,38,40H,2-10,14,23-24H2,1H3;1-2H3. The molecule has 0 saturated heterocycles. The molecule has 0 aliphatic heterocycles. The lowest BCUT2D eigenvalue weighted by atomic mass is 9.98. The maximum absolute atomic E-state index is 13.6. The number of carbonyl (C=O) groups is 2. The fourth-order valence-electron chi connectivity index (χ4n) is 11.6. The summed E-state index contributed by atoms with van der Waals surface area (Å²) in [5.41, 5.74) is 8.00. The van der Waals surface area contributed by atoms with Crippen molar-refractivity contribution in [2.75, 3.05) is 18.6 Å². The van der Waals surface area contributed by atoms with E-state index in [0.29, 0.717) is 50.2 Å². The Balaban J connectivity index is 0.000000262. The number of halogens is 1. The van der Waals surface area contributed by atoms with Gasteiger partial charge in [0.1, 0.15) is 23.4 Å². The number of ketones is 2. The van der Waals surface area contributed by atoms with Gasteiger partial charge in [0.15, 0.2) is 10.0 Å². The zero-order valence-electron chi connectivity index (χ0n) is 56.6. The molecule has 95 heavy (non-hydrogen) atoms. The molecule has 12 nitrogen and oxygen atoms in total. The van der Waals surface area contributed by atoms with Gasteiger partial charge < -0.3 is 19.8 Å². The number of unbranched alkanes of at least 4 members (excludes halogenated alkanes) is 22. The predicted molar refractivity (Wildman–Crippen MR) is 397 cm³/mol.